The van der Waals surface area contributed by atoms with E-state index in [0.29, 0.717) is 31.9 Å². The van der Waals surface area contributed by atoms with Gasteiger partial charge in [-0.05, 0) is 36.2 Å². The number of alkyl halides is 3. The maximum atomic E-state index is 13.7. The number of amides is 2. The molecule has 0 radical (unpaired) electrons. The van der Waals surface area contributed by atoms with E-state index in [4.69, 9.17) is 5.73 Å². The Hall–Kier alpha value is -3.64. The van der Waals surface area contributed by atoms with E-state index in [2.05, 4.69) is 25.5 Å². The first-order valence-corrected chi connectivity index (χ1v) is 11.3. The van der Waals surface area contributed by atoms with Crippen LogP contribution in [-0.4, -0.2) is 53.6 Å². The highest BCUT2D eigenvalue weighted by Crippen LogP contribution is 2.30. The van der Waals surface area contributed by atoms with Crippen molar-refractivity contribution in [1.82, 2.24) is 14.9 Å². The summed E-state index contributed by atoms with van der Waals surface area (Å²) in [5, 5.41) is 5.13. The average Bonchev–Trinajstić information content (AvgIpc) is 2.84. The Morgan fingerprint density at radius 3 is 2.30 bits per heavy atom. The molecule has 2 amide bonds. The number of nitrogens with zero attached hydrogens (tertiary/aromatic N) is 4. The third-order valence-electron chi connectivity index (χ3n) is 5.77. The second kappa shape index (κ2) is 12.1. The van der Waals surface area contributed by atoms with Gasteiger partial charge in [0.25, 0.3) is 0 Å². The number of piperazine rings is 1. The molecule has 0 atom stereocenters. The van der Waals surface area contributed by atoms with Crippen LogP contribution in [0.2, 0.25) is 0 Å². The number of carbonyl (C=O) groups excluding carboxylic acids is 1. The Kier molecular flexibility index (Phi) is 9.11. The first kappa shape index (κ1) is 27.9. The maximum Gasteiger partial charge on any atom is 0.433 e. The lowest BCUT2D eigenvalue weighted by atomic mass is 10.1. The molecule has 13 heteroatoms. The number of hydrogen-bond acceptors (Lipinski definition) is 6. The molecule has 1 fully saturated rings. The van der Waals surface area contributed by atoms with E-state index in [1.54, 1.807) is 29.2 Å². The van der Waals surface area contributed by atoms with Crippen molar-refractivity contribution in [3.8, 4) is 0 Å². The van der Waals surface area contributed by atoms with Crippen LogP contribution in [0.3, 0.4) is 0 Å². The van der Waals surface area contributed by atoms with Crippen molar-refractivity contribution in [3.05, 3.63) is 71.7 Å². The Bertz CT molecular complexity index is 1200. The summed E-state index contributed by atoms with van der Waals surface area (Å²) in [6.07, 6.45) is -3.82. The molecule has 8 nitrogen and oxygen atoms in total. The van der Waals surface area contributed by atoms with E-state index in [1.165, 1.54) is 12.1 Å². The van der Waals surface area contributed by atoms with Gasteiger partial charge in [0.05, 0.1) is 5.69 Å². The van der Waals surface area contributed by atoms with Crippen molar-refractivity contribution in [3.63, 3.8) is 0 Å². The summed E-state index contributed by atoms with van der Waals surface area (Å²) >= 11 is 0. The van der Waals surface area contributed by atoms with Crippen LogP contribution >= 0.6 is 12.4 Å². The topological polar surface area (TPSA) is 99.4 Å². The lowest BCUT2D eigenvalue weighted by Crippen LogP contribution is -2.47. The Morgan fingerprint density at radius 2 is 1.65 bits per heavy atom. The molecule has 2 heterocycles. The predicted molar refractivity (Wildman–Crippen MR) is 137 cm³/mol. The van der Waals surface area contributed by atoms with Gasteiger partial charge in [-0.25, -0.2) is 14.2 Å². The highest BCUT2D eigenvalue weighted by atomic mass is 35.5. The predicted octanol–water partition coefficient (Wildman–Crippen LogP) is 4.65. The molecule has 198 valence electrons. The van der Waals surface area contributed by atoms with Crippen molar-refractivity contribution in [2.75, 3.05) is 54.0 Å². The molecule has 0 saturated carbocycles. The molecule has 3 aromatic rings. The molecule has 1 aliphatic heterocycles. The van der Waals surface area contributed by atoms with Gasteiger partial charge in [-0.15, -0.1) is 12.4 Å². The van der Waals surface area contributed by atoms with Gasteiger partial charge in [0.15, 0.2) is 5.69 Å². The first-order chi connectivity index (χ1) is 17.2. The van der Waals surface area contributed by atoms with Crippen LogP contribution in [-0.2, 0) is 12.6 Å². The molecule has 1 aromatic heterocycles. The van der Waals surface area contributed by atoms with E-state index >= 15 is 0 Å². The molecule has 0 bridgehead atoms. The number of aromatic nitrogens is 2. The van der Waals surface area contributed by atoms with Gasteiger partial charge in [-0.3, -0.25) is 4.90 Å². The zero-order valence-corrected chi connectivity index (χ0v) is 20.4. The van der Waals surface area contributed by atoms with Crippen LogP contribution in [0.4, 0.5) is 45.5 Å². The smallest absolute Gasteiger partial charge is 0.368 e. The number of carbonyl (C=O) groups is 1. The van der Waals surface area contributed by atoms with E-state index in [-0.39, 0.29) is 23.9 Å². The summed E-state index contributed by atoms with van der Waals surface area (Å²) in [7, 11) is 0. The normalized spacial score (nSPS) is 14.1. The minimum Gasteiger partial charge on any atom is -0.368 e. The third-order valence-corrected chi connectivity index (χ3v) is 5.77. The van der Waals surface area contributed by atoms with Crippen LogP contribution < -0.4 is 21.3 Å². The lowest BCUT2D eigenvalue weighted by molar-refractivity contribution is -0.141. The highest BCUT2D eigenvalue weighted by Gasteiger charge is 2.34. The molecule has 37 heavy (non-hydrogen) atoms. The molecule has 0 aliphatic carbocycles. The zero-order valence-electron chi connectivity index (χ0n) is 19.6. The molecule has 4 N–H and O–H groups in total. The fourth-order valence-corrected chi connectivity index (χ4v) is 3.85. The van der Waals surface area contributed by atoms with Crippen LogP contribution in [0.15, 0.2) is 54.6 Å². The fourth-order valence-electron chi connectivity index (χ4n) is 3.85. The van der Waals surface area contributed by atoms with Crippen molar-refractivity contribution in [2.45, 2.75) is 12.6 Å². The summed E-state index contributed by atoms with van der Waals surface area (Å²) in [5.74, 6) is -0.738. The largest absolute Gasteiger partial charge is 0.433 e. The number of urea groups is 1. The fraction of sp³-hybridized carbons (Fsp3) is 0.292. The number of para-hydroxylation sites is 1. The van der Waals surface area contributed by atoms with E-state index in [0.717, 1.165) is 24.6 Å². The Morgan fingerprint density at radius 1 is 0.973 bits per heavy atom. The highest BCUT2D eigenvalue weighted by molar-refractivity contribution is 5.99. The van der Waals surface area contributed by atoms with Gasteiger partial charge in [0.2, 0.25) is 5.95 Å². The monoisotopic (exact) mass is 539 g/mol. The Balaban J connectivity index is 0.00000380. The van der Waals surface area contributed by atoms with Crippen LogP contribution in [0.5, 0.6) is 0 Å². The molecule has 0 unspecified atom stereocenters. The summed E-state index contributed by atoms with van der Waals surface area (Å²) in [6, 6.07) is 13.6. The second-order valence-electron chi connectivity index (χ2n) is 8.30. The summed E-state index contributed by atoms with van der Waals surface area (Å²) in [4.78, 5) is 23.3. The molecular weight excluding hydrogens is 514 g/mol. The van der Waals surface area contributed by atoms with E-state index < -0.39 is 29.7 Å². The van der Waals surface area contributed by atoms with Gasteiger partial charge >= 0.3 is 12.2 Å². The number of nitrogen functional groups attached to an aromatic ring is 1. The number of benzene rings is 2. The van der Waals surface area contributed by atoms with Crippen LogP contribution in [0.25, 0.3) is 0 Å². The third kappa shape index (κ3) is 7.67. The second-order valence-corrected chi connectivity index (χ2v) is 8.30. The quantitative estimate of drug-likeness (QED) is 0.395. The molecule has 1 saturated heterocycles. The van der Waals surface area contributed by atoms with Gasteiger partial charge in [0.1, 0.15) is 11.6 Å². The average molecular weight is 540 g/mol. The maximum absolute atomic E-state index is 13.7. The van der Waals surface area contributed by atoms with Gasteiger partial charge in [0, 0.05) is 44.5 Å². The number of hydrogen-bond donors (Lipinski definition) is 3. The zero-order chi connectivity index (χ0) is 25.7. The number of halogens is 5. The standard InChI is InChI=1S/C24H25F4N7O.ClH/c25-18-3-1-2-4-19(18)31-23(36)30-17-7-5-16(6-8-17)9-10-34-11-13-35(14-12-34)21-15-20(24(26,27)28)32-22(29)33-21;/h1-8,15H,9-14H2,(H2,29,32,33)(H2,30,31,36);1H. The van der Waals surface area contributed by atoms with Gasteiger partial charge in [-0.1, -0.05) is 24.3 Å². The molecule has 2 aromatic carbocycles. The minimum atomic E-state index is -4.58. The SMILES string of the molecule is Cl.Nc1nc(N2CCN(CCc3ccc(NC(=O)Nc4ccccc4F)cc3)CC2)cc(C(F)(F)F)n1. The number of nitrogens with one attached hydrogen (secondary N) is 2. The molecule has 1 aliphatic rings. The molecule has 0 spiro atoms. The first-order valence-electron chi connectivity index (χ1n) is 11.3. The van der Waals surface area contributed by atoms with Crippen molar-refractivity contribution >= 4 is 41.6 Å². The van der Waals surface area contributed by atoms with Crippen LogP contribution in [0, 0.1) is 5.82 Å². The lowest BCUT2D eigenvalue weighted by Gasteiger charge is -2.35. The van der Waals surface area contributed by atoms with Crippen LogP contribution in [0.1, 0.15) is 11.3 Å². The van der Waals surface area contributed by atoms with Crippen molar-refractivity contribution in [2.24, 2.45) is 0 Å². The number of nitrogens with two attached hydrogens (primary N) is 1. The Labute approximate surface area is 217 Å². The van der Waals surface area contributed by atoms with Gasteiger partial charge in [-0.2, -0.15) is 18.2 Å². The summed E-state index contributed by atoms with van der Waals surface area (Å²) in [6.45, 7) is 3.15. The van der Waals surface area contributed by atoms with E-state index in [9.17, 15) is 22.4 Å². The van der Waals surface area contributed by atoms with Crippen molar-refractivity contribution < 1.29 is 22.4 Å². The molecular formula is C24H26ClF4N7O. The van der Waals surface area contributed by atoms with E-state index in [1.807, 2.05) is 12.1 Å². The summed E-state index contributed by atoms with van der Waals surface area (Å²) in [5.41, 5.74) is 6.16. The number of rotatable bonds is 6. The van der Waals surface area contributed by atoms with Gasteiger partial charge < -0.3 is 21.3 Å². The summed E-state index contributed by atoms with van der Waals surface area (Å²) < 4.78 is 52.7. The minimum absolute atomic E-state index is 0. The molecule has 4 rings (SSSR count). The number of anilines is 4. The van der Waals surface area contributed by atoms with Crippen molar-refractivity contribution in [1.29, 1.82) is 0 Å².